The second kappa shape index (κ2) is 11.2. The molecule has 0 amide bonds. The Bertz CT molecular complexity index is 1150. The molecule has 0 unspecified atom stereocenters. The fourth-order valence-corrected chi connectivity index (χ4v) is 3.73. The first kappa shape index (κ1) is 25.3. The van der Waals surface area contributed by atoms with Crippen LogP contribution in [0.2, 0.25) is 5.02 Å². The van der Waals surface area contributed by atoms with Crippen molar-refractivity contribution in [2.24, 2.45) is 0 Å². The van der Waals surface area contributed by atoms with Crippen molar-refractivity contribution in [1.29, 1.82) is 0 Å². The number of carbonyl (C=O) groups is 2. The SMILES string of the molecule is CCOC(=O)CN(C)c1ccc(C(=O)CCc2nc(-c3ccc(Cl)cc3O)oc2C(C)C)cc1. The third kappa shape index (κ3) is 6.17. The highest BCUT2D eigenvalue weighted by Gasteiger charge is 2.20. The fraction of sp³-hybridized carbons (Fsp3) is 0.346. The molecule has 8 heteroatoms. The van der Waals surface area contributed by atoms with Gasteiger partial charge in [-0.1, -0.05) is 25.4 Å². The molecule has 0 aliphatic carbocycles. The first-order valence-electron chi connectivity index (χ1n) is 11.2. The Morgan fingerprint density at radius 3 is 2.50 bits per heavy atom. The van der Waals surface area contributed by atoms with Gasteiger partial charge in [-0.15, -0.1) is 0 Å². The number of likely N-dealkylation sites (N-methyl/N-ethyl adjacent to an activating group) is 1. The van der Waals surface area contributed by atoms with Gasteiger partial charge in [-0.2, -0.15) is 0 Å². The molecular formula is C26H29ClN2O5. The minimum atomic E-state index is -0.301. The molecule has 1 heterocycles. The van der Waals surface area contributed by atoms with Crippen molar-refractivity contribution in [2.45, 2.75) is 39.5 Å². The van der Waals surface area contributed by atoms with Gasteiger partial charge in [0.1, 0.15) is 18.1 Å². The van der Waals surface area contributed by atoms with Gasteiger partial charge < -0.3 is 19.2 Å². The highest BCUT2D eigenvalue weighted by molar-refractivity contribution is 6.30. The Hall–Kier alpha value is -3.32. The zero-order valence-corrected chi connectivity index (χ0v) is 20.6. The number of halogens is 1. The van der Waals surface area contributed by atoms with E-state index >= 15 is 0 Å². The molecule has 1 N–H and O–H groups in total. The van der Waals surface area contributed by atoms with Crippen LogP contribution in [0.5, 0.6) is 5.75 Å². The molecule has 7 nitrogen and oxygen atoms in total. The lowest BCUT2D eigenvalue weighted by Gasteiger charge is -2.18. The topological polar surface area (TPSA) is 92.9 Å². The average Bonchev–Trinajstić information content (AvgIpc) is 3.22. The van der Waals surface area contributed by atoms with Gasteiger partial charge in [-0.3, -0.25) is 9.59 Å². The summed E-state index contributed by atoms with van der Waals surface area (Å²) < 4.78 is 10.9. The molecule has 3 aromatic rings. The smallest absolute Gasteiger partial charge is 0.325 e. The number of aromatic hydroxyl groups is 1. The van der Waals surface area contributed by atoms with E-state index in [2.05, 4.69) is 4.98 Å². The number of nitrogens with zero attached hydrogens (tertiary/aromatic N) is 2. The van der Waals surface area contributed by atoms with Gasteiger partial charge in [0.05, 0.1) is 17.9 Å². The minimum Gasteiger partial charge on any atom is -0.507 e. The zero-order chi connectivity index (χ0) is 24.8. The van der Waals surface area contributed by atoms with Crippen LogP contribution >= 0.6 is 11.6 Å². The van der Waals surface area contributed by atoms with E-state index in [1.54, 1.807) is 43.1 Å². The van der Waals surface area contributed by atoms with Crippen LogP contribution in [0.1, 0.15) is 54.9 Å². The summed E-state index contributed by atoms with van der Waals surface area (Å²) in [6.07, 6.45) is 0.672. The molecule has 0 atom stereocenters. The monoisotopic (exact) mass is 484 g/mol. The molecule has 0 saturated carbocycles. The Morgan fingerprint density at radius 2 is 1.88 bits per heavy atom. The number of benzene rings is 2. The van der Waals surface area contributed by atoms with Crippen molar-refractivity contribution in [3.05, 3.63) is 64.5 Å². The van der Waals surface area contributed by atoms with Gasteiger partial charge in [0.25, 0.3) is 0 Å². The predicted molar refractivity (Wildman–Crippen MR) is 132 cm³/mol. The number of anilines is 1. The minimum absolute atomic E-state index is 0.0142. The Morgan fingerprint density at radius 1 is 1.18 bits per heavy atom. The number of oxazole rings is 1. The number of phenols is 1. The molecule has 0 fully saturated rings. The van der Waals surface area contributed by atoms with Crippen molar-refractivity contribution < 1.29 is 23.8 Å². The van der Waals surface area contributed by atoms with Crippen LogP contribution in [0.15, 0.2) is 46.9 Å². The number of hydrogen-bond donors (Lipinski definition) is 1. The molecule has 0 bridgehead atoms. The number of rotatable bonds is 10. The Labute approximate surface area is 204 Å². The lowest BCUT2D eigenvalue weighted by Crippen LogP contribution is -2.27. The summed E-state index contributed by atoms with van der Waals surface area (Å²) in [4.78, 5) is 30.8. The van der Waals surface area contributed by atoms with Gasteiger partial charge in [0.15, 0.2) is 5.78 Å². The van der Waals surface area contributed by atoms with Crippen LogP contribution in [-0.4, -0.2) is 42.0 Å². The molecule has 2 aromatic carbocycles. The number of esters is 1. The van der Waals surface area contributed by atoms with E-state index in [1.807, 2.05) is 26.0 Å². The van der Waals surface area contributed by atoms with E-state index in [9.17, 15) is 14.7 Å². The summed E-state index contributed by atoms with van der Waals surface area (Å²) in [6, 6.07) is 11.9. The summed E-state index contributed by atoms with van der Waals surface area (Å²) in [5, 5.41) is 10.6. The molecule has 34 heavy (non-hydrogen) atoms. The number of ether oxygens (including phenoxy) is 1. The standard InChI is InChI=1S/C26H29ClN2O5/c1-5-33-24(32)15-29(4)19-9-6-17(7-10-19)22(30)13-12-21-25(16(2)3)34-26(28-21)20-11-8-18(27)14-23(20)31/h6-11,14,16,31H,5,12-13,15H2,1-4H3. The van der Waals surface area contributed by atoms with Crippen molar-refractivity contribution >= 4 is 29.0 Å². The lowest BCUT2D eigenvalue weighted by atomic mass is 10.0. The number of phenolic OH excluding ortho intramolecular Hbond substituents is 1. The van der Waals surface area contributed by atoms with Gasteiger partial charge in [-0.25, -0.2) is 4.98 Å². The number of aromatic nitrogens is 1. The maximum absolute atomic E-state index is 12.8. The maximum Gasteiger partial charge on any atom is 0.325 e. The van der Waals surface area contributed by atoms with E-state index < -0.39 is 0 Å². The van der Waals surface area contributed by atoms with Crippen molar-refractivity contribution in [3.63, 3.8) is 0 Å². The molecule has 0 aliphatic heterocycles. The molecule has 1 aromatic heterocycles. The van der Waals surface area contributed by atoms with Crippen LogP contribution in [-0.2, 0) is 16.0 Å². The number of aryl methyl sites for hydroxylation is 1. The third-order valence-corrected chi connectivity index (χ3v) is 5.57. The van der Waals surface area contributed by atoms with E-state index in [0.717, 1.165) is 5.69 Å². The predicted octanol–water partition coefficient (Wildman–Crippen LogP) is 5.64. The summed E-state index contributed by atoms with van der Waals surface area (Å²) in [7, 11) is 1.79. The molecule has 3 rings (SSSR count). The van der Waals surface area contributed by atoms with Crippen molar-refractivity contribution in [1.82, 2.24) is 4.98 Å². The first-order chi connectivity index (χ1) is 16.2. The lowest BCUT2D eigenvalue weighted by molar-refractivity contribution is -0.141. The van der Waals surface area contributed by atoms with Gasteiger partial charge >= 0.3 is 5.97 Å². The highest BCUT2D eigenvalue weighted by Crippen LogP contribution is 2.34. The second-order valence-electron chi connectivity index (χ2n) is 8.28. The van der Waals surface area contributed by atoms with Crippen LogP contribution in [0, 0.1) is 0 Å². The summed E-state index contributed by atoms with van der Waals surface area (Å²) in [6.45, 7) is 6.22. The summed E-state index contributed by atoms with van der Waals surface area (Å²) >= 11 is 5.92. The summed E-state index contributed by atoms with van der Waals surface area (Å²) in [5.74, 6) is 0.718. The molecule has 180 valence electrons. The normalized spacial score (nSPS) is 11.0. The van der Waals surface area contributed by atoms with Crippen LogP contribution < -0.4 is 4.90 Å². The largest absolute Gasteiger partial charge is 0.507 e. The fourth-order valence-electron chi connectivity index (χ4n) is 3.56. The third-order valence-electron chi connectivity index (χ3n) is 5.33. The van der Waals surface area contributed by atoms with E-state index in [-0.39, 0.29) is 36.4 Å². The maximum atomic E-state index is 12.8. The van der Waals surface area contributed by atoms with E-state index in [1.165, 1.54) is 6.07 Å². The number of hydrogen-bond acceptors (Lipinski definition) is 7. The second-order valence-corrected chi connectivity index (χ2v) is 8.71. The van der Waals surface area contributed by atoms with Crippen LogP contribution in [0.4, 0.5) is 5.69 Å². The highest BCUT2D eigenvalue weighted by atomic mass is 35.5. The van der Waals surface area contributed by atoms with Gasteiger partial charge in [0, 0.05) is 42.1 Å². The van der Waals surface area contributed by atoms with Gasteiger partial charge in [0.2, 0.25) is 5.89 Å². The summed E-state index contributed by atoms with van der Waals surface area (Å²) in [5.41, 5.74) is 2.54. The van der Waals surface area contributed by atoms with Crippen LogP contribution in [0.3, 0.4) is 0 Å². The average molecular weight is 485 g/mol. The van der Waals surface area contributed by atoms with E-state index in [0.29, 0.717) is 46.5 Å². The quantitative estimate of drug-likeness (QED) is 0.294. The first-order valence-corrected chi connectivity index (χ1v) is 11.6. The molecular weight excluding hydrogens is 456 g/mol. The molecule has 0 radical (unpaired) electrons. The van der Waals surface area contributed by atoms with Gasteiger partial charge in [-0.05, 0) is 49.4 Å². The van der Waals surface area contributed by atoms with Crippen LogP contribution in [0.25, 0.3) is 11.5 Å². The Kier molecular flexibility index (Phi) is 8.34. The van der Waals surface area contributed by atoms with Crippen molar-refractivity contribution in [3.8, 4) is 17.2 Å². The number of Topliss-reactive ketones (excluding diaryl/α,β-unsaturated/α-hetero) is 1. The zero-order valence-electron chi connectivity index (χ0n) is 19.8. The molecule has 0 saturated heterocycles. The van der Waals surface area contributed by atoms with Crippen molar-refractivity contribution in [2.75, 3.05) is 25.1 Å². The molecule has 0 aliphatic rings. The van der Waals surface area contributed by atoms with E-state index in [4.69, 9.17) is 20.8 Å². The molecule has 0 spiro atoms. The Balaban J connectivity index is 1.69. The number of carbonyl (C=O) groups excluding carboxylic acids is 2. The number of ketones is 1.